The molecule has 0 bridgehead atoms. The first-order chi connectivity index (χ1) is 8.74. The van der Waals surface area contributed by atoms with Crippen molar-refractivity contribution in [3.8, 4) is 0 Å². The molecule has 0 radical (unpaired) electrons. The van der Waals surface area contributed by atoms with Crippen LogP contribution in [0.3, 0.4) is 0 Å². The van der Waals surface area contributed by atoms with Gasteiger partial charge in [0.05, 0.1) is 6.54 Å². The standard InChI is InChI=1S/C12H22N4OS/c1-9(2)5-13-7-11-15-16-12(17-11)14-6-10-3-4-18-8-10/h9-10,13H,3-8H2,1-2H3,(H,14,16). The average Bonchev–Trinajstić information content (AvgIpc) is 2.96. The van der Waals surface area contributed by atoms with E-state index < -0.39 is 0 Å². The molecule has 0 aromatic carbocycles. The summed E-state index contributed by atoms with van der Waals surface area (Å²) in [4.78, 5) is 0. The van der Waals surface area contributed by atoms with E-state index in [9.17, 15) is 0 Å². The first-order valence-electron chi connectivity index (χ1n) is 6.58. The van der Waals surface area contributed by atoms with E-state index in [0.29, 0.717) is 24.4 Å². The molecular weight excluding hydrogens is 248 g/mol. The topological polar surface area (TPSA) is 63.0 Å². The fourth-order valence-corrected chi connectivity index (χ4v) is 3.12. The molecule has 1 aromatic rings. The van der Waals surface area contributed by atoms with Crippen LogP contribution in [0.4, 0.5) is 6.01 Å². The van der Waals surface area contributed by atoms with E-state index in [4.69, 9.17) is 4.42 Å². The Balaban J connectivity index is 1.68. The van der Waals surface area contributed by atoms with Crippen molar-refractivity contribution in [1.29, 1.82) is 0 Å². The zero-order valence-corrected chi connectivity index (χ0v) is 11.9. The third-order valence-electron chi connectivity index (χ3n) is 2.86. The van der Waals surface area contributed by atoms with Crippen molar-refractivity contribution in [3.05, 3.63) is 5.89 Å². The number of hydrogen-bond acceptors (Lipinski definition) is 6. The van der Waals surface area contributed by atoms with Gasteiger partial charge in [-0.15, -0.1) is 5.10 Å². The molecule has 1 aromatic heterocycles. The Hall–Kier alpha value is -0.750. The molecule has 0 saturated carbocycles. The summed E-state index contributed by atoms with van der Waals surface area (Å²) in [7, 11) is 0. The van der Waals surface area contributed by atoms with Crippen LogP contribution < -0.4 is 10.6 Å². The van der Waals surface area contributed by atoms with Gasteiger partial charge in [0, 0.05) is 6.54 Å². The number of hydrogen-bond donors (Lipinski definition) is 2. The lowest BCUT2D eigenvalue weighted by Gasteiger charge is -2.07. The smallest absolute Gasteiger partial charge is 0.315 e. The van der Waals surface area contributed by atoms with Crippen molar-refractivity contribution in [2.75, 3.05) is 29.9 Å². The Kier molecular flexibility index (Phi) is 5.31. The molecule has 1 aliphatic rings. The molecule has 1 fully saturated rings. The highest BCUT2D eigenvalue weighted by molar-refractivity contribution is 7.99. The average molecular weight is 270 g/mol. The van der Waals surface area contributed by atoms with Crippen molar-refractivity contribution in [1.82, 2.24) is 15.5 Å². The van der Waals surface area contributed by atoms with Crippen molar-refractivity contribution >= 4 is 17.8 Å². The normalized spacial score (nSPS) is 19.6. The Morgan fingerprint density at radius 1 is 1.44 bits per heavy atom. The maximum absolute atomic E-state index is 5.52. The molecule has 102 valence electrons. The molecule has 2 rings (SSSR count). The largest absolute Gasteiger partial charge is 0.407 e. The molecule has 2 N–H and O–H groups in total. The minimum Gasteiger partial charge on any atom is -0.407 e. The lowest BCUT2D eigenvalue weighted by molar-refractivity contribution is 0.456. The molecule has 5 nitrogen and oxygen atoms in total. The molecule has 0 amide bonds. The summed E-state index contributed by atoms with van der Waals surface area (Å²) < 4.78 is 5.52. The number of aromatic nitrogens is 2. The fraction of sp³-hybridized carbons (Fsp3) is 0.833. The quantitative estimate of drug-likeness (QED) is 0.790. The summed E-state index contributed by atoms with van der Waals surface area (Å²) in [5.74, 6) is 4.54. The van der Waals surface area contributed by atoms with Crippen LogP contribution in [0.1, 0.15) is 26.2 Å². The van der Waals surface area contributed by atoms with Gasteiger partial charge in [0.15, 0.2) is 0 Å². The van der Waals surface area contributed by atoms with Crippen LogP contribution in [0.2, 0.25) is 0 Å². The third kappa shape index (κ3) is 4.49. The number of thioether (sulfide) groups is 1. The molecule has 0 aliphatic carbocycles. The zero-order chi connectivity index (χ0) is 12.8. The van der Waals surface area contributed by atoms with Crippen LogP contribution >= 0.6 is 11.8 Å². The van der Waals surface area contributed by atoms with Gasteiger partial charge in [-0.3, -0.25) is 0 Å². The number of nitrogens with one attached hydrogen (secondary N) is 2. The Bertz CT molecular complexity index is 350. The van der Waals surface area contributed by atoms with E-state index >= 15 is 0 Å². The molecule has 1 atom stereocenters. The van der Waals surface area contributed by atoms with Crippen LogP contribution in [0.25, 0.3) is 0 Å². The summed E-state index contributed by atoms with van der Waals surface area (Å²) in [6.07, 6.45) is 1.29. The van der Waals surface area contributed by atoms with E-state index in [1.165, 1.54) is 17.9 Å². The molecule has 6 heteroatoms. The molecule has 1 saturated heterocycles. The van der Waals surface area contributed by atoms with Gasteiger partial charge >= 0.3 is 6.01 Å². The second-order valence-corrected chi connectivity index (χ2v) is 6.29. The Morgan fingerprint density at radius 2 is 2.33 bits per heavy atom. The number of nitrogens with zero attached hydrogens (tertiary/aromatic N) is 2. The lowest BCUT2D eigenvalue weighted by Crippen LogP contribution is -2.19. The van der Waals surface area contributed by atoms with Crippen LogP contribution in [0.5, 0.6) is 0 Å². The van der Waals surface area contributed by atoms with Gasteiger partial charge in [0.2, 0.25) is 5.89 Å². The first-order valence-corrected chi connectivity index (χ1v) is 7.74. The van der Waals surface area contributed by atoms with Crippen LogP contribution in [0.15, 0.2) is 4.42 Å². The van der Waals surface area contributed by atoms with Crippen LogP contribution in [-0.4, -0.2) is 34.8 Å². The summed E-state index contributed by atoms with van der Waals surface area (Å²) in [5, 5.41) is 14.5. The number of rotatable bonds is 7. The van der Waals surface area contributed by atoms with E-state index in [2.05, 4.69) is 34.7 Å². The van der Waals surface area contributed by atoms with E-state index in [1.54, 1.807) is 0 Å². The highest BCUT2D eigenvalue weighted by Crippen LogP contribution is 2.23. The second-order valence-electron chi connectivity index (χ2n) is 5.14. The SMILES string of the molecule is CC(C)CNCc1nnc(NCC2CCSC2)o1. The van der Waals surface area contributed by atoms with Gasteiger partial charge in [0.25, 0.3) is 0 Å². The van der Waals surface area contributed by atoms with Gasteiger partial charge in [-0.2, -0.15) is 11.8 Å². The molecule has 1 unspecified atom stereocenters. The molecule has 1 aliphatic heterocycles. The van der Waals surface area contributed by atoms with Gasteiger partial charge in [-0.1, -0.05) is 18.9 Å². The van der Waals surface area contributed by atoms with Gasteiger partial charge in [0.1, 0.15) is 0 Å². The predicted molar refractivity (Wildman–Crippen MR) is 74.8 cm³/mol. The molecule has 2 heterocycles. The Morgan fingerprint density at radius 3 is 3.06 bits per heavy atom. The summed E-state index contributed by atoms with van der Waals surface area (Å²) in [6, 6.07) is 0.549. The van der Waals surface area contributed by atoms with Crippen molar-refractivity contribution in [2.45, 2.75) is 26.8 Å². The molecule has 18 heavy (non-hydrogen) atoms. The third-order valence-corrected chi connectivity index (χ3v) is 4.09. The van der Waals surface area contributed by atoms with E-state index in [1.807, 2.05) is 11.8 Å². The van der Waals surface area contributed by atoms with Gasteiger partial charge in [-0.05, 0) is 36.3 Å². The monoisotopic (exact) mass is 270 g/mol. The van der Waals surface area contributed by atoms with E-state index in [-0.39, 0.29) is 0 Å². The molecule has 0 spiro atoms. The van der Waals surface area contributed by atoms with Crippen molar-refractivity contribution in [2.24, 2.45) is 11.8 Å². The highest BCUT2D eigenvalue weighted by atomic mass is 32.2. The minimum atomic E-state index is 0.549. The van der Waals surface area contributed by atoms with Gasteiger partial charge < -0.3 is 15.1 Å². The second kappa shape index (κ2) is 6.99. The predicted octanol–water partition coefficient (Wildman–Crippen LogP) is 1.98. The van der Waals surface area contributed by atoms with Crippen molar-refractivity contribution in [3.63, 3.8) is 0 Å². The fourth-order valence-electron chi connectivity index (χ4n) is 1.84. The molecular formula is C12H22N4OS. The summed E-state index contributed by atoms with van der Waals surface area (Å²) in [6.45, 7) is 6.89. The number of anilines is 1. The maximum atomic E-state index is 5.52. The minimum absolute atomic E-state index is 0.549. The van der Waals surface area contributed by atoms with Crippen LogP contribution in [0, 0.1) is 11.8 Å². The highest BCUT2D eigenvalue weighted by Gasteiger charge is 2.16. The van der Waals surface area contributed by atoms with Gasteiger partial charge in [-0.25, -0.2) is 0 Å². The maximum Gasteiger partial charge on any atom is 0.315 e. The first kappa shape index (κ1) is 13.7. The van der Waals surface area contributed by atoms with Crippen LogP contribution in [-0.2, 0) is 6.54 Å². The zero-order valence-electron chi connectivity index (χ0n) is 11.1. The summed E-state index contributed by atoms with van der Waals surface area (Å²) >= 11 is 2.02. The van der Waals surface area contributed by atoms with Crippen molar-refractivity contribution < 1.29 is 4.42 Å². The Labute approximate surface area is 112 Å². The van der Waals surface area contributed by atoms with E-state index in [0.717, 1.165) is 19.0 Å². The summed E-state index contributed by atoms with van der Waals surface area (Å²) in [5.41, 5.74) is 0. The lowest BCUT2D eigenvalue weighted by atomic mass is 10.1.